The molecule has 0 radical (unpaired) electrons. The van der Waals surface area contributed by atoms with Gasteiger partial charge in [-0.05, 0) is 23.4 Å². The summed E-state index contributed by atoms with van der Waals surface area (Å²) in [5.74, 6) is 1.07. The van der Waals surface area contributed by atoms with Gasteiger partial charge in [-0.25, -0.2) is 4.98 Å². The number of aromatic nitrogens is 1. The second-order valence-electron chi connectivity index (χ2n) is 6.22. The number of carbonyl (C=O) groups excluding carboxylic acids is 1. The van der Waals surface area contributed by atoms with Gasteiger partial charge in [-0.1, -0.05) is 49.4 Å². The average molecular weight is 368 g/mol. The van der Waals surface area contributed by atoms with Crippen LogP contribution in [-0.4, -0.2) is 59.2 Å². The van der Waals surface area contributed by atoms with Crippen molar-refractivity contribution in [3.63, 3.8) is 0 Å². The molecular weight excluding hydrogens is 342 g/mol. The van der Waals surface area contributed by atoms with Crippen molar-refractivity contribution in [1.29, 1.82) is 0 Å². The third kappa shape index (κ3) is 5.19. The van der Waals surface area contributed by atoms with Crippen LogP contribution >= 0.6 is 11.8 Å². The number of nitrogens with zero attached hydrogens (tertiary/aromatic N) is 3. The molecule has 0 unspecified atom stereocenters. The Kier molecular flexibility index (Phi) is 6.86. The second-order valence-corrected chi connectivity index (χ2v) is 7.51. The van der Waals surface area contributed by atoms with Gasteiger partial charge in [0.05, 0.1) is 5.03 Å². The number of piperazine rings is 1. The van der Waals surface area contributed by atoms with Crippen molar-refractivity contribution in [3.8, 4) is 0 Å². The Morgan fingerprint density at radius 2 is 1.92 bits per heavy atom. The molecule has 136 valence electrons. The van der Waals surface area contributed by atoms with Gasteiger partial charge in [-0.15, -0.1) is 11.8 Å². The molecular formula is C21H25N3OS. The summed E-state index contributed by atoms with van der Waals surface area (Å²) in [6, 6.07) is 14.1. The topological polar surface area (TPSA) is 36.4 Å². The van der Waals surface area contributed by atoms with E-state index in [1.807, 2.05) is 35.2 Å². The predicted molar refractivity (Wildman–Crippen MR) is 108 cm³/mol. The lowest BCUT2D eigenvalue weighted by Crippen LogP contribution is -2.48. The van der Waals surface area contributed by atoms with Crippen molar-refractivity contribution in [2.24, 2.45) is 0 Å². The number of hydrogen-bond acceptors (Lipinski definition) is 4. The zero-order chi connectivity index (χ0) is 18.2. The normalized spacial score (nSPS) is 15.5. The molecule has 2 heterocycles. The fourth-order valence-electron chi connectivity index (χ4n) is 2.99. The van der Waals surface area contributed by atoms with Crippen LogP contribution in [0.25, 0.3) is 6.08 Å². The first-order chi connectivity index (χ1) is 12.8. The van der Waals surface area contributed by atoms with Crippen LogP contribution in [-0.2, 0) is 0 Å². The van der Waals surface area contributed by atoms with E-state index in [2.05, 4.69) is 41.1 Å². The van der Waals surface area contributed by atoms with Crippen molar-refractivity contribution in [2.75, 3.05) is 38.5 Å². The highest BCUT2D eigenvalue weighted by atomic mass is 32.2. The van der Waals surface area contributed by atoms with Gasteiger partial charge in [0.2, 0.25) is 0 Å². The SMILES string of the molecule is CCSc1cc(C(=O)N2CCN(CC=Cc3ccccc3)CC2)ccn1. The number of benzene rings is 1. The predicted octanol–water partition coefficient (Wildman–Crippen LogP) is 3.66. The molecule has 3 rings (SSSR count). The molecule has 1 amide bonds. The van der Waals surface area contributed by atoms with Gasteiger partial charge < -0.3 is 4.90 Å². The van der Waals surface area contributed by atoms with E-state index in [1.54, 1.807) is 18.0 Å². The van der Waals surface area contributed by atoms with Crippen molar-refractivity contribution < 1.29 is 4.79 Å². The summed E-state index contributed by atoms with van der Waals surface area (Å²) in [6.45, 7) is 6.38. The summed E-state index contributed by atoms with van der Waals surface area (Å²) >= 11 is 1.66. The summed E-state index contributed by atoms with van der Waals surface area (Å²) < 4.78 is 0. The number of carbonyl (C=O) groups is 1. The molecule has 1 aliphatic rings. The van der Waals surface area contributed by atoms with Crippen LogP contribution in [0.1, 0.15) is 22.8 Å². The highest BCUT2D eigenvalue weighted by molar-refractivity contribution is 7.99. The second kappa shape index (κ2) is 9.55. The van der Waals surface area contributed by atoms with Crippen LogP contribution < -0.4 is 0 Å². The van der Waals surface area contributed by atoms with E-state index in [-0.39, 0.29) is 5.91 Å². The Morgan fingerprint density at radius 3 is 2.65 bits per heavy atom. The lowest BCUT2D eigenvalue weighted by Gasteiger charge is -2.34. The Labute approximate surface area is 159 Å². The van der Waals surface area contributed by atoms with Crippen molar-refractivity contribution >= 4 is 23.7 Å². The molecule has 1 fully saturated rings. The highest BCUT2D eigenvalue weighted by Crippen LogP contribution is 2.17. The van der Waals surface area contributed by atoms with Crippen LogP contribution in [0.5, 0.6) is 0 Å². The van der Waals surface area contributed by atoms with E-state index < -0.39 is 0 Å². The Morgan fingerprint density at radius 1 is 1.15 bits per heavy atom. The van der Waals surface area contributed by atoms with Crippen LogP contribution in [0.3, 0.4) is 0 Å². The molecule has 1 saturated heterocycles. The molecule has 4 nitrogen and oxygen atoms in total. The number of pyridine rings is 1. The highest BCUT2D eigenvalue weighted by Gasteiger charge is 2.21. The first-order valence-electron chi connectivity index (χ1n) is 9.08. The molecule has 5 heteroatoms. The van der Waals surface area contributed by atoms with Gasteiger partial charge in [0.25, 0.3) is 5.91 Å². The average Bonchev–Trinajstić information content (AvgIpc) is 2.69. The lowest BCUT2D eigenvalue weighted by atomic mass is 10.2. The standard InChI is InChI=1S/C21H25N3OS/c1-2-26-20-17-19(10-11-22-20)21(25)24-15-13-23(14-16-24)12-6-9-18-7-4-3-5-8-18/h3-11,17H,2,12-16H2,1H3. The summed E-state index contributed by atoms with van der Waals surface area (Å²) in [6.07, 6.45) is 6.08. The molecule has 0 N–H and O–H groups in total. The molecule has 0 saturated carbocycles. The van der Waals surface area contributed by atoms with Gasteiger partial charge in [0, 0.05) is 44.5 Å². The largest absolute Gasteiger partial charge is 0.336 e. The molecule has 2 aromatic rings. The molecule has 0 spiro atoms. The fourth-order valence-corrected chi connectivity index (χ4v) is 3.63. The van der Waals surface area contributed by atoms with Gasteiger partial charge in [-0.2, -0.15) is 0 Å². The van der Waals surface area contributed by atoms with Crippen molar-refractivity contribution in [3.05, 3.63) is 65.9 Å². The lowest BCUT2D eigenvalue weighted by molar-refractivity contribution is 0.0650. The monoisotopic (exact) mass is 367 g/mol. The summed E-state index contributed by atoms with van der Waals surface area (Å²) in [5.41, 5.74) is 1.97. The molecule has 26 heavy (non-hydrogen) atoms. The molecule has 0 aliphatic carbocycles. The van der Waals surface area contributed by atoms with Crippen LogP contribution in [0.15, 0.2) is 59.8 Å². The maximum atomic E-state index is 12.7. The number of rotatable bonds is 6. The maximum Gasteiger partial charge on any atom is 0.254 e. The molecule has 0 atom stereocenters. The Balaban J connectivity index is 1.49. The number of amides is 1. The van der Waals surface area contributed by atoms with Gasteiger partial charge >= 0.3 is 0 Å². The van der Waals surface area contributed by atoms with Crippen molar-refractivity contribution in [1.82, 2.24) is 14.8 Å². The minimum atomic E-state index is 0.116. The van der Waals surface area contributed by atoms with E-state index >= 15 is 0 Å². The smallest absolute Gasteiger partial charge is 0.254 e. The zero-order valence-electron chi connectivity index (χ0n) is 15.2. The first kappa shape index (κ1) is 18.7. The van der Waals surface area contributed by atoms with Crippen LogP contribution in [0, 0.1) is 0 Å². The molecule has 1 aliphatic heterocycles. The molecule has 0 bridgehead atoms. The first-order valence-corrected chi connectivity index (χ1v) is 10.1. The van der Waals surface area contributed by atoms with Gasteiger partial charge in [0.1, 0.15) is 0 Å². The maximum absolute atomic E-state index is 12.7. The number of thioether (sulfide) groups is 1. The Hall–Kier alpha value is -2.11. The van der Waals surface area contributed by atoms with E-state index in [0.717, 1.165) is 49.1 Å². The summed E-state index contributed by atoms with van der Waals surface area (Å²) in [4.78, 5) is 21.4. The van der Waals surface area contributed by atoms with Crippen LogP contribution in [0.4, 0.5) is 0 Å². The zero-order valence-corrected chi connectivity index (χ0v) is 16.0. The van der Waals surface area contributed by atoms with Crippen LogP contribution in [0.2, 0.25) is 0 Å². The quantitative estimate of drug-likeness (QED) is 0.730. The Bertz CT molecular complexity index is 740. The summed E-state index contributed by atoms with van der Waals surface area (Å²) in [7, 11) is 0. The van der Waals surface area contributed by atoms with E-state index in [0.29, 0.717) is 0 Å². The van der Waals surface area contributed by atoms with E-state index in [4.69, 9.17) is 0 Å². The van der Waals surface area contributed by atoms with E-state index in [9.17, 15) is 4.79 Å². The minimum absolute atomic E-state index is 0.116. The van der Waals surface area contributed by atoms with Gasteiger partial charge in [0.15, 0.2) is 0 Å². The van der Waals surface area contributed by atoms with Crippen molar-refractivity contribution in [2.45, 2.75) is 11.9 Å². The molecule has 1 aromatic heterocycles. The van der Waals surface area contributed by atoms with Gasteiger partial charge in [-0.3, -0.25) is 9.69 Å². The molecule has 1 aromatic carbocycles. The number of hydrogen-bond donors (Lipinski definition) is 0. The fraction of sp³-hybridized carbons (Fsp3) is 0.333. The van der Waals surface area contributed by atoms with E-state index in [1.165, 1.54) is 5.56 Å². The third-order valence-corrected chi connectivity index (χ3v) is 5.21. The minimum Gasteiger partial charge on any atom is -0.336 e. The third-order valence-electron chi connectivity index (χ3n) is 4.41. The summed E-state index contributed by atoms with van der Waals surface area (Å²) in [5, 5.41) is 0.919.